The molecule has 0 fully saturated rings. The molecule has 208 valence electrons. The zero-order valence-corrected chi connectivity index (χ0v) is 23.3. The lowest BCUT2D eigenvalue weighted by Gasteiger charge is -2.32. The number of fused-ring (bicyclic) bond motifs is 1. The van der Waals surface area contributed by atoms with Crippen LogP contribution < -0.4 is 10.1 Å². The Morgan fingerprint density at radius 1 is 0.927 bits per heavy atom. The van der Waals surface area contributed by atoms with Crippen molar-refractivity contribution in [2.75, 3.05) is 12.4 Å². The number of hydrogen-bond donors (Lipinski definition) is 1. The van der Waals surface area contributed by atoms with E-state index >= 15 is 0 Å². The van der Waals surface area contributed by atoms with Gasteiger partial charge in [-0.3, -0.25) is 14.6 Å². The summed E-state index contributed by atoms with van der Waals surface area (Å²) in [7, 11) is 1.59. The molecule has 2 aromatic heterocycles. The number of pyridine rings is 1. The second-order valence-electron chi connectivity index (χ2n) is 10.1. The van der Waals surface area contributed by atoms with Crippen molar-refractivity contribution in [3.05, 3.63) is 114 Å². The third-order valence-corrected chi connectivity index (χ3v) is 6.94. The first-order valence-corrected chi connectivity index (χ1v) is 13.4. The summed E-state index contributed by atoms with van der Waals surface area (Å²) in [6.45, 7) is 4.32. The van der Waals surface area contributed by atoms with Gasteiger partial charge in [0.1, 0.15) is 23.9 Å². The highest BCUT2D eigenvalue weighted by Crippen LogP contribution is 2.28. The second kappa shape index (κ2) is 12.4. The molecule has 0 saturated heterocycles. The minimum absolute atomic E-state index is 0.0861. The summed E-state index contributed by atoms with van der Waals surface area (Å²) < 4.78 is 6.82. The molecule has 3 aromatic carbocycles. The molecule has 2 amide bonds. The van der Waals surface area contributed by atoms with Crippen molar-refractivity contribution in [1.29, 1.82) is 0 Å². The van der Waals surface area contributed by atoms with Crippen molar-refractivity contribution in [3.63, 3.8) is 0 Å². The molecule has 5 rings (SSSR count). The van der Waals surface area contributed by atoms with Crippen LogP contribution in [0.4, 0.5) is 5.69 Å². The van der Waals surface area contributed by atoms with Gasteiger partial charge < -0.3 is 15.0 Å². The standard InChI is InChI=1S/C32H32N6O3/c1-22(2)24-10-12-25(13-11-24)31(32(40)34-26-14-16-27(41-3)17-15-26)37(20-23-7-6-18-33-19-23)30(39)21-38-29-9-5-4-8-28(29)35-36-38/h4-19,22,31H,20-21H2,1-3H3,(H,34,40). The summed E-state index contributed by atoms with van der Waals surface area (Å²) >= 11 is 0. The first-order valence-electron chi connectivity index (χ1n) is 13.4. The van der Waals surface area contributed by atoms with Crippen LogP contribution in [0.3, 0.4) is 0 Å². The fourth-order valence-electron chi connectivity index (χ4n) is 4.69. The predicted molar refractivity (Wildman–Crippen MR) is 157 cm³/mol. The Labute approximate surface area is 238 Å². The van der Waals surface area contributed by atoms with Crippen molar-refractivity contribution < 1.29 is 14.3 Å². The number of anilines is 1. The molecule has 0 aliphatic carbocycles. The van der Waals surface area contributed by atoms with Crippen LogP contribution in [0.5, 0.6) is 5.75 Å². The van der Waals surface area contributed by atoms with Crippen LogP contribution in [0.2, 0.25) is 0 Å². The zero-order chi connectivity index (χ0) is 28.8. The number of aromatic nitrogens is 4. The Morgan fingerprint density at radius 2 is 1.66 bits per heavy atom. The molecule has 1 N–H and O–H groups in total. The lowest BCUT2D eigenvalue weighted by molar-refractivity contribution is -0.140. The van der Waals surface area contributed by atoms with E-state index in [4.69, 9.17) is 4.74 Å². The molecule has 1 atom stereocenters. The van der Waals surface area contributed by atoms with E-state index in [1.807, 2.05) is 60.7 Å². The second-order valence-corrected chi connectivity index (χ2v) is 10.1. The van der Waals surface area contributed by atoms with Crippen LogP contribution in [-0.4, -0.2) is 43.8 Å². The summed E-state index contributed by atoms with van der Waals surface area (Å²) in [5, 5.41) is 11.4. The smallest absolute Gasteiger partial charge is 0.251 e. The van der Waals surface area contributed by atoms with Gasteiger partial charge in [0.2, 0.25) is 5.91 Å². The Bertz CT molecular complexity index is 1620. The number of ether oxygens (including phenoxy) is 1. The van der Waals surface area contributed by atoms with Gasteiger partial charge in [-0.25, -0.2) is 4.68 Å². The molecule has 0 radical (unpaired) electrons. The van der Waals surface area contributed by atoms with Crippen molar-refractivity contribution in [2.24, 2.45) is 0 Å². The maximum Gasteiger partial charge on any atom is 0.251 e. The minimum Gasteiger partial charge on any atom is -0.497 e. The fourth-order valence-corrected chi connectivity index (χ4v) is 4.69. The van der Waals surface area contributed by atoms with Crippen LogP contribution in [0.25, 0.3) is 11.0 Å². The monoisotopic (exact) mass is 548 g/mol. The fraction of sp³-hybridized carbons (Fsp3) is 0.219. The normalized spacial score (nSPS) is 11.8. The van der Waals surface area contributed by atoms with Gasteiger partial charge >= 0.3 is 0 Å². The summed E-state index contributed by atoms with van der Waals surface area (Å²) in [5.74, 6) is 0.377. The molecule has 2 heterocycles. The highest BCUT2D eigenvalue weighted by Gasteiger charge is 2.32. The van der Waals surface area contributed by atoms with Gasteiger partial charge in [0.25, 0.3) is 5.91 Å². The summed E-state index contributed by atoms with van der Waals surface area (Å²) in [4.78, 5) is 34.0. The highest BCUT2D eigenvalue weighted by molar-refractivity contribution is 5.98. The number of benzene rings is 3. The van der Waals surface area contributed by atoms with E-state index in [-0.39, 0.29) is 24.9 Å². The van der Waals surface area contributed by atoms with E-state index in [1.165, 1.54) is 0 Å². The molecule has 41 heavy (non-hydrogen) atoms. The van der Waals surface area contributed by atoms with Crippen LogP contribution in [0.15, 0.2) is 97.3 Å². The van der Waals surface area contributed by atoms with Crippen LogP contribution in [0.1, 0.15) is 42.5 Å². The number of nitrogens with one attached hydrogen (secondary N) is 1. The number of para-hydroxylation sites is 1. The van der Waals surface area contributed by atoms with Crippen LogP contribution in [0, 0.1) is 0 Å². The predicted octanol–water partition coefficient (Wildman–Crippen LogP) is 5.37. The maximum atomic E-state index is 14.1. The van der Waals surface area contributed by atoms with E-state index in [0.717, 1.165) is 16.6 Å². The number of rotatable bonds is 10. The van der Waals surface area contributed by atoms with Gasteiger partial charge in [-0.1, -0.05) is 61.5 Å². The highest BCUT2D eigenvalue weighted by atomic mass is 16.5. The molecule has 0 spiro atoms. The van der Waals surface area contributed by atoms with Gasteiger partial charge in [-0.15, -0.1) is 5.10 Å². The van der Waals surface area contributed by atoms with Crippen molar-refractivity contribution >= 4 is 28.5 Å². The molecule has 0 aliphatic rings. The van der Waals surface area contributed by atoms with Crippen LogP contribution in [-0.2, 0) is 22.7 Å². The van der Waals surface area contributed by atoms with E-state index in [2.05, 4.69) is 34.5 Å². The molecular formula is C32H32N6O3. The Hall–Kier alpha value is -5.05. The first-order chi connectivity index (χ1) is 19.9. The topological polar surface area (TPSA) is 102 Å². The SMILES string of the molecule is COc1ccc(NC(=O)C(c2ccc(C(C)C)cc2)N(Cc2cccnc2)C(=O)Cn2nnc3ccccc32)cc1. The number of hydrogen-bond acceptors (Lipinski definition) is 6. The average Bonchev–Trinajstić information content (AvgIpc) is 3.40. The van der Waals surface area contributed by atoms with Gasteiger partial charge in [0.05, 0.1) is 12.6 Å². The summed E-state index contributed by atoms with van der Waals surface area (Å²) in [6, 6.07) is 25.2. The molecule has 0 aliphatic heterocycles. The number of carbonyl (C=O) groups excluding carboxylic acids is 2. The zero-order valence-electron chi connectivity index (χ0n) is 23.3. The van der Waals surface area contributed by atoms with E-state index < -0.39 is 6.04 Å². The summed E-state index contributed by atoms with van der Waals surface area (Å²) in [5.41, 5.74) is 4.66. The number of carbonyl (C=O) groups is 2. The molecule has 5 aromatic rings. The molecule has 9 heteroatoms. The van der Waals surface area contributed by atoms with Gasteiger partial charge in [0, 0.05) is 24.6 Å². The number of nitrogens with zero attached hydrogens (tertiary/aromatic N) is 5. The van der Waals surface area contributed by atoms with E-state index in [0.29, 0.717) is 28.4 Å². The molecule has 0 bridgehead atoms. The molecule has 0 saturated carbocycles. The van der Waals surface area contributed by atoms with Crippen molar-refractivity contribution in [2.45, 2.75) is 38.9 Å². The maximum absolute atomic E-state index is 14.1. The Kier molecular flexibility index (Phi) is 8.34. The molecule has 9 nitrogen and oxygen atoms in total. The Morgan fingerprint density at radius 3 is 2.34 bits per heavy atom. The number of methoxy groups -OCH3 is 1. The first kappa shape index (κ1) is 27.5. The van der Waals surface area contributed by atoms with Gasteiger partial charge in [-0.05, 0) is 65.1 Å². The van der Waals surface area contributed by atoms with Crippen molar-refractivity contribution in [3.8, 4) is 5.75 Å². The van der Waals surface area contributed by atoms with E-state index in [1.54, 1.807) is 53.4 Å². The molecular weight excluding hydrogens is 516 g/mol. The lowest BCUT2D eigenvalue weighted by Crippen LogP contribution is -2.42. The third-order valence-electron chi connectivity index (χ3n) is 6.94. The van der Waals surface area contributed by atoms with Gasteiger partial charge in [-0.2, -0.15) is 0 Å². The quantitative estimate of drug-likeness (QED) is 0.252. The average molecular weight is 549 g/mol. The Balaban J connectivity index is 1.54. The van der Waals surface area contributed by atoms with E-state index in [9.17, 15) is 9.59 Å². The lowest BCUT2D eigenvalue weighted by atomic mass is 9.97. The van der Waals surface area contributed by atoms with Gasteiger partial charge in [0.15, 0.2) is 0 Å². The third kappa shape index (κ3) is 6.41. The molecule has 1 unspecified atom stereocenters. The number of amides is 2. The minimum atomic E-state index is -0.930. The van der Waals surface area contributed by atoms with Crippen molar-refractivity contribution in [1.82, 2.24) is 24.9 Å². The largest absolute Gasteiger partial charge is 0.497 e. The summed E-state index contributed by atoms with van der Waals surface area (Å²) in [6.07, 6.45) is 3.38. The van der Waals surface area contributed by atoms with Crippen LogP contribution >= 0.6 is 0 Å².